The lowest BCUT2D eigenvalue weighted by Crippen LogP contribution is -2.37. The number of methoxy groups -OCH3 is 1. The molecular formula is C30H32F3N5O4. The number of rotatable bonds is 8. The Hall–Kier alpha value is -4.84. The molecule has 4 rings (SSSR count). The molecule has 0 bridgehead atoms. The zero-order valence-corrected chi connectivity index (χ0v) is 23.6. The summed E-state index contributed by atoms with van der Waals surface area (Å²) in [6.45, 7) is 0.889. The highest BCUT2D eigenvalue weighted by atomic mass is 19.4. The number of hydrogen-bond donors (Lipinski definition) is 3. The number of nitrogens with one attached hydrogen (secondary N) is 2. The molecule has 9 nitrogen and oxygen atoms in total. The quantitative estimate of drug-likeness (QED) is 0.166. The SMILES string of the molecule is COc1ccc2cc(C(=O)NCc3ccc([N+](C)(C)C)cc3)n(Cc3cccc(C(=N)N)c3)c2c1.O=C([O-])C(F)(F)F. The van der Waals surface area contributed by atoms with E-state index in [2.05, 4.69) is 38.6 Å². The van der Waals surface area contributed by atoms with Gasteiger partial charge < -0.3 is 30.3 Å². The lowest BCUT2D eigenvalue weighted by atomic mass is 10.1. The Balaban J connectivity index is 0.000000616. The summed E-state index contributed by atoms with van der Waals surface area (Å²) in [7, 11) is 7.99. The first-order valence-electron chi connectivity index (χ1n) is 12.7. The molecule has 1 heterocycles. The van der Waals surface area contributed by atoms with E-state index in [9.17, 15) is 18.0 Å². The van der Waals surface area contributed by atoms with Crippen molar-refractivity contribution in [3.63, 3.8) is 0 Å². The highest BCUT2D eigenvalue weighted by molar-refractivity contribution is 5.99. The fraction of sp³-hybridized carbons (Fsp3) is 0.233. The Morgan fingerprint density at radius 1 is 1.00 bits per heavy atom. The van der Waals surface area contributed by atoms with Crippen LogP contribution in [0.4, 0.5) is 18.9 Å². The first-order chi connectivity index (χ1) is 19.6. The third-order valence-electron chi connectivity index (χ3n) is 6.32. The maximum absolute atomic E-state index is 13.3. The summed E-state index contributed by atoms with van der Waals surface area (Å²) in [6.07, 6.45) is -5.19. The van der Waals surface area contributed by atoms with Gasteiger partial charge in [-0.25, -0.2) is 0 Å². The molecule has 0 saturated heterocycles. The van der Waals surface area contributed by atoms with Gasteiger partial charge in [0.15, 0.2) is 0 Å². The van der Waals surface area contributed by atoms with Crippen LogP contribution in [0, 0.1) is 5.41 Å². The van der Waals surface area contributed by atoms with Crippen LogP contribution in [0.3, 0.4) is 0 Å². The maximum atomic E-state index is 13.3. The molecule has 0 fully saturated rings. The first kappa shape index (κ1) is 31.7. The number of fused-ring (bicyclic) bond motifs is 1. The molecule has 0 saturated carbocycles. The van der Waals surface area contributed by atoms with E-state index in [4.69, 9.17) is 25.8 Å². The van der Waals surface area contributed by atoms with Crippen LogP contribution in [0.1, 0.15) is 27.2 Å². The maximum Gasteiger partial charge on any atom is 0.430 e. The van der Waals surface area contributed by atoms with Gasteiger partial charge in [-0.05, 0) is 47.5 Å². The number of quaternary nitrogens is 1. The Morgan fingerprint density at radius 2 is 1.64 bits per heavy atom. The standard InChI is InChI=1S/C28H31N5O2.C2HF3O2/c1-33(2,3)23-11-8-19(9-12-23)17-31-28(34)26-15-21-10-13-24(35-4)16-25(21)32(26)18-20-6-5-7-22(14-20)27(29)30;3-2(4,5)1(6)7/h5-16H,17-18H2,1-4H3,(H3-,29,30,31,34);(H,6,7). The molecule has 12 heteroatoms. The number of halogens is 3. The molecule has 1 aromatic heterocycles. The van der Waals surface area contributed by atoms with E-state index in [1.165, 1.54) is 5.69 Å². The summed E-state index contributed by atoms with van der Waals surface area (Å²) in [6, 6.07) is 23.5. The van der Waals surface area contributed by atoms with Crippen molar-refractivity contribution in [2.75, 3.05) is 28.3 Å². The monoisotopic (exact) mass is 583 g/mol. The molecule has 3 aromatic carbocycles. The predicted molar refractivity (Wildman–Crippen MR) is 153 cm³/mol. The summed E-state index contributed by atoms with van der Waals surface area (Å²) in [5, 5.41) is 20.6. The van der Waals surface area contributed by atoms with Gasteiger partial charge >= 0.3 is 6.18 Å². The first-order valence-corrected chi connectivity index (χ1v) is 12.7. The second-order valence-corrected chi connectivity index (χ2v) is 10.3. The number of hydrogen-bond acceptors (Lipinski definition) is 5. The van der Waals surface area contributed by atoms with E-state index in [0.717, 1.165) is 32.3 Å². The normalized spacial score (nSPS) is 11.4. The minimum absolute atomic E-state index is 0.0140. The molecule has 0 aliphatic rings. The highest BCUT2D eigenvalue weighted by Gasteiger charge is 2.28. The lowest BCUT2D eigenvalue weighted by molar-refractivity contribution is -0.344. The van der Waals surface area contributed by atoms with Gasteiger partial charge in [-0.15, -0.1) is 0 Å². The van der Waals surface area contributed by atoms with E-state index in [-0.39, 0.29) is 11.7 Å². The number of amidine groups is 1. The second-order valence-electron chi connectivity index (χ2n) is 10.3. The molecular weight excluding hydrogens is 551 g/mol. The number of amides is 1. The highest BCUT2D eigenvalue weighted by Crippen LogP contribution is 2.26. The van der Waals surface area contributed by atoms with Gasteiger partial charge in [0.1, 0.15) is 28.9 Å². The van der Waals surface area contributed by atoms with Crippen LogP contribution in [0.2, 0.25) is 0 Å². The molecule has 222 valence electrons. The molecule has 0 aliphatic carbocycles. The molecule has 0 atom stereocenters. The van der Waals surface area contributed by atoms with Crippen molar-refractivity contribution in [3.05, 3.63) is 95.2 Å². The van der Waals surface area contributed by atoms with Crippen LogP contribution in [0.5, 0.6) is 5.75 Å². The third-order valence-corrected chi connectivity index (χ3v) is 6.32. The van der Waals surface area contributed by atoms with Crippen LogP contribution in [0.15, 0.2) is 72.8 Å². The van der Waals surface area contributed by atoms with Gasteiger partial charge in [0, 0.05) is 30.1 Å². The van der Waals surface area contributed by atoms with Gasteiger partial charge in [-0.1, -0.05) is 30.3 Å². The van der Waals surface area contributed by atoms with Crippen LogP contribution >= 0.6 is 0 Å². The summed E-state index contributed by atoms with van der Waals surface area (Å²) in [4.78, 5) is 22.1. The number of nitrogens with zero attached hydrogens (tertiary/aromatic N) is 2. The van der Waals surface area contributed by atoms with Crippen molar-refractivity contribution >= 4 is 34.3 Å². The van der Waals surface area contributed by atoms with Crippen LogP contribution < -0.4 is 25.4 Å². The summed E-state index contributed by atoms with van der Waals surface area (Å²) >= 11 is 0. The van der Waals surface area contributed by atoms with Crippen molar-refractivity contribution in [3.8, 4) is 5.75 Å². The number of ether oxygens (including phenoxy) is 1. The number of aromatic nitrogens is 1. The number of alkyl halides is 3. The van der Waals surface area contributed by atoms with E-state index in [1.807, 2.05) is 59.2 Å². The molecule has 0 radical (unpaired) electrons. The van der Waals surface area contributed by atoms with Crippen molar-refractivity contribution in [1.29, 1.82) is 5.41 Å². The van der Waals surface area contributed by atoms with Gasteiger partial charge in [-0.3, -0.25) is 14.7 Å². The van der Waals surface area contributed by atoms with E-state index < -0.39 is 12.1 Å². The van der Waals surface area contributed by atoms with Gasteiger partial charge in [0.2, 0.25) is 0 Å². The van der Waals surface area contributed by atoms with Crippen LogP contribution in [0.25, 0.3) is 10.9 Å². The average Bonchev–Trinajstić information content (AvgIpc) is 3.28. The lowest BCUT2D eigenvalue weighted by Gasteiger charge is -2.23. The van der Waals surface area contributed by atoms with Crippen molar-refractivity contribution in [2.45, 2.75) is 19.3 Å². The van der Waals surface area contributed by atoms with Gasteiger partial charge in [0.25, 0.3) is 5.91 Å². The molecule has 4 aromatic rings. The Bertz CT molecular complexity index is 1590. The van der Waals surface area contributed by atoms with Crippen molar-refractivity contribution in [1.82, 2.24) is 14.4 Å². The van der Waals surface area contributed by atoms with Crippen LogP contribution in [-0.4, -0.2) is 56.7 Å². The van der Waals surface area contributed by atoms with Crippen molar-refractivity contribution in [2.24, 2.45) is 5.73 Å². The fourth-order valence-electron chi connectivity index (χ4n) is 4.07. The minimum atomic E-state index is -5.19. The minimum Gasteiger partial charge on any atom is -0.542 e. The molecule has 0 unspecified atom stereocenters. The number of carbonyl (C=O) groups excluding carboxylic acids is 2. The zero-order valence-electron chi connectivity index (χ0n) is 23.6. The Kier molecular flexibility index (Phi) is 9.64. The number of benzene rings is 3. The molecule has 0 aliphatic heterocycles. The fourth-order valence-corrected chi connectivity index (χ4v) is 4.07. The zero-order chi connectivity index (χ0) is 31.2. The molecule has 1 amide bonds. The van der Waals surface area contributed by atoms with Gasteiger partial charge in [-0.2, -0.15) is 13.2 Å². The largest absolute Gasteiger partial charge is 0.542 e. The van der Waals surface area contributed by atoms with Crippen LogP contribution in [-0.2, 0) is 17.9 Å². The second kappa shape index (κ2) is 12.8. The Morgan fingerprint density at radius 3 is 2.19 bits per heavy atom. The smallest absolute Gasteiger partial charge is 0.430 e. The number of carboxylic acid groups (broad SMARTS) is 1. The average molecular weight is 584 g/mol. The number of aliphatic carboxylic acids is 1. The number of carboxylic acids is 1. The number of nitrogens with two attached hydrogens (primary N) is 1. The topological polar surface area (TPSA) is 133 Å². The van der Waals surface area contributed by atoms with E-state index in [0.29, 0.717) is 24.3 Å². The van der Waals surface area contributed by atoms with E-state index >= 15 is 0 Å². The molecule has 4 N–H and O–H groups in total. The summed E-state index contributed by atoms with van der Waals surface area (Å²) < 4.78 is 39.7. The summed E-state index contributed by atoms with van der Waals surface area (Å²) in [5.74, 6) is -2.43. The number of nitrogen functional groups attached to an aromatic ring is 1. The summed E-state index contributed by atoms with van der Waals surface area (Å²) in [5.41, 5.74) is 11.0. The van der Waals surface area contributed by atoms with Crippen molar-refractivity contribution < 1.29 is 32.6 Å². The Labute approximate surface area is 241 Å². The molecule has 0 spiro atoms. The predicted octanol–water partition coefficient (Wildman–Crippen LogP) is 3.41. The third kappa shape index (κ3) is 8.10. The molecule has 42 heavy (non-hydrogen) atoms. The van der Waals surface area contributed by atoms with E-state index in [1.54, 1.807) is 13.2 Å². The van der Waals surface area contributed by atoms with Gasteiger partial charge in [0.05, 0.1) is 33.8 Å². The number of carbonyl (C=O) groups is 2.